The maximum atomic E-state index is 13.5. The monoisotopic (exact) mass is 415 g/mol. The van der Waals surface area contributed by atoms with Crippen molar-refractivity contribution in [2.75, 3.05) is 11.9 Å². The molecular weight excluding hydrogens is 394 g/mol. The SMILES string of the molecule is CCOc1cccc([C@@H]2C3=C(Nc4c2c(=O)n(C)c(=O)n4C)c2ccccc2C3=O)c1. The minimum Gasteiger partial charge on any atom is -0.494 e. The van der Waals surface area contributed by atoms with E-state index in [2.05, 4.69) is 5.32 Å². The Labute approximate surface area is 178 Å². The number of anilines is 1. The van der Waals surface area contributed by atoms with Crippen molar-refractivity contribution >= 4 is 17.3 Å². The largest absolute Gasteiger partial charge is 0.494 e. The molecule has 3 aromatic rings. The van der Waals surface area contributed by atoms with Crippen molar-refractivity contribution in [2.24, 2.45) is 14.1 Å². The molecule has 2 aromatic carbocycles. The van der Waals surface area contributed by atoms with E-state index < -0.39 is 17.2 Å². The molecule has 0 amide bonds. The van der Waals surface area contributed by atoms with E-state index in [9.17, 15) is 14.4 Å². The Bertz CT molecular complexity index is 1410. The summed E-state index contributed by atoms with van der Waals surface area (Å²) >= 11 is 0. The molecule has 31 heavy (non-hydrogen) atoms. The molecule has 2 aliphatic rings. The standard InChI is InChI=1S/C24H21N3O4/c1-4-31-14-9-7-8-13(12-14)17-18-20(15-10-5-6-11-16(15)21(18)28)25-22-19(17)23(29)27(3)24(30)26(22)2/h5-12,17,25H,4H2,1-3H3/t17-/m1/s1. The molecule has 0 saturated heterocycles. The molecule has 0 saturated carbocycles. The Balaban J connectivity index is 1.85. The fourth-order valence-electron chi connectivity index (χ4n) is 4.54. The predicted molar refractivity (Wildman–Crippen MR) is 118 cm³/mol. The molecule has 0 spiro atoms. The van der Waals surface area contributed by atoms with E-state index in [-0.39, 0.29) is 5.78 Å². The zero-order chi connectivity index (χ0) is 21.9. The number of ketones is 1. The molecule has 0 unspecified atom stereocenters. The third kappa shape index (κ3) is 2.63. The average molecular weight is 415 g/mol. The van der Waals surface area contributed by atoms with Crippen molar-refractivity contribution in [1.29, 1.82) is 0 Å². The molecule has 156 valence electrons. The van der Waals surface area contributed by atoms with Crippen LogP contribution in [-0.2, 0) is 14.1 Å². The normalized spacial score (nSPS) is 16.5. The van der Waals surface area contributed by atoms with Crippen LogP contribution in [0.15, 0.2) is 63.7 Å². The topological polar surface area (TPSA) is 82.3 Å². The number of nitrogens with zero attached hydrogens (tertiary/aromatic N) is 2. The first-order valence-corrected chi connectivity index (χ1v) is 10.1. The van der Waals surface area contributed by atoms with Crippen LogP contribution in [0.25, 0.3) is 5.70 Å². The molecule has 7 nitrogen and oxygen atoms in total. The van der Waals surface area contributed by atoms with E-state index in [4.69, 9.17) is 4.74 Å². The van der Waals surface area contributed by atoms with Gasteiger partial charge in [-0.3, -0.25) is 18.7 Å². The summed E-state index contributed by atoms with van der Waals surface area (Å²) in [5.74, 6) is 0.318. The van der Waals surface area contributed by atoms with E-state index >= 15 is 0 Å². The number of hydrogen-bond acceptors (Lipinski definition) is 5. The van der Waals surface area contributed by atoms with Gasteiger partial charge in [-0.1, -0.05) is 36.4 Å². The van der Waals surface area contributed by atoms with Gasteiger partial charge in [0, 0.05) is 36.7 Å². The number of Topliss-reactive ketones (excluding diaryl/α,β-unsaturated/α-hetero) is 1. The lowest BCUT2D eigenvalue weighted by atomic mass is 9.81. The zero-order valence-electron chi connectivity index (χ0n) is 17.4. The molecule has 7 heteroatoms. The van der Waals surface area contributed by atoms with Crippen LogP contribution in [-0.4, -0.2) is 21.5 Å². The van der Waals surface area contributed by atoms with E-state index in [0.717, 1.165) is 15.7 Å². The van der Waals surface area contributed by atoms with Crippen LogP contribution in [0.4, 0.5) is 5.82 Å². The number of aromatic nitrogens is 2. The lowest BCUT2D eigenvalue weighted by Gasteiger charge is -2.29. The first-order valence-electron chi connectivity index (χ1n) is 10.1. The lowest BCUT2D eigenvalue weighted by Crippen LogP contribution is -2.42. The van der Waals surface area contributed by atoms with E-state index in [0.29, 0.717) is 40.6 Å². The average Bonchev–Trinajstić information content (AvgIpc) is 3.07. The second kappa shape index (κ2) is 6.84. The Kier molecular flexibility index (Phi) is 4.22. The molecule has 1 N–H and O–H groups in total. The maximum absolute atomic E-state index is 13.5. The van der Waals surface area contributed by atoms with Crippen LogP contribution in [0.3, 0.4) is 0 Å². The van der Waals surface area contributed by atoms with Crippen molar-refractivity contribution in [1.82, 2.24) is 9.13 Å². The third-order valence-electron chi connectivity index (χ3n) is 5.98. The van der Waals surface area contributed by atoms with Crippen LogP contribution in [0, 0.1) is 0 Å². The first-order chi connectivity index (χ1) is 14.9. The number of rotatable bonds is 3. The minimum absolute atomic E-state index is 0.119. The summed E-state index contributed by atoms with van der Waals surface area (Å²) in [5, 5.41) is 3.24. The molecule has 1 aliphatic heterocycles. The van der Waals surface area contributed by atoms with Crippen molar-refractivity contribution in [3.8, 4) is 5.75 Å². The lowest BCUT2D eigenvalue weighted by molar-refractivity contribution is 0.103. The highest BCUT2D eigenvalue weighted by Crippen LogP contribution is 2.48. The highest BCUT2D eigenvalue weighted by molar-refractivity contribution is 6.23. The first kappa shape index (κ1) is 19.1. The number of ether oxygens (including phenoxy) is 1. The molecular formula is C24H21N3O4. The Hall–Kier alpha value is -3.87. The summed E-state index contributed by atoms with van der Waals surface area (Å²) in [5.41, 5.74) is 2.79. The zero-order valence-corrected chi connectivity index (χ0v) is 17.4. The number of nitrogens with one attached hydrogen (secondary N) is 1. The van der Waals surface area contributed by atoms with Crippen molar-refractivity contribution in [3.05, 3.63) is 97.2 Å². The van der Waals surface area contributed by atoms with Gasteiger partial charge in [-0.15, -0.1) is 0 Å². The summed E-state index contributed by atoms with van der Waals surface area (Å²) in [4.78, 5) is 39.4. The quantitative estimate of drug-likeness (QED) is 0.711. The Morgan fingerprint density at radius 3 is 2.45 bits per heavy atom. The number of carbonyl (C=O) groups excluding carboxylic acids is 1. The van der Waals surface area contributed by atoms with Gasteiger partial charge in [-0.25, -0.2) is 4.79 Å². The summed E-state index contributed by atoms with van der Waals surface area (Å²) < 4.78 is 8.17. The minimum atomic E-state index is -0.628. The molecule has 1 aromatic heterocycles. The van der Waals surface area contributed by atoms with Crippen molar-refractivity contribution in [2.45, 2.75) is 12.8 Å². The number of carbonyl (C=O) groups is 1. The van der Waals surface area contributed by atoms with Crippen molar-refractivity contribution in [3.63, 3.8) is 0 Å². The molecule has 1 aliphatic carbocycles. The molecule has 5 rings (SSSR count). The number of fused-ring (bicyclic) bond motifs is 3. The number of benzene rings is 2. The van der Waals surface area contributed by atoms with Crippen LogP contribution < -0.4 is 21.3 Å². The second-order valence-corrected chi connectivity index (χ2v) is 7.69. The predicted octanol–water partition coefficient (Wildman–Crippen LogP) is 2.65. The summed E-state index contributed by atoms with van der Waals surface area (Å²) in [6.07, 6.45) is 0. The molecule has 0 fully saturated rings. The molecule has 0 radical (unpaired) electrons. The van der Waals surface area contributed by atoms with Gasteiger partial charge >= 0.3 is 5.69 Å². The van der Waals surface area contributed by atoms with Gasteiger partial charge in [-0.05, 0) is 24.6 Å². The summed E-state index contributed by atoms with van der Waals surface area (Å²) in [6, 6.07) is 14.8. The van der Waals surface area contributed by atoms with E-state index in [1.807, 2.05) is 49.4 Å². The highest BCUT2D eigenvalue weighted by Gasteiger charge is 2.42. The van der Waals surface area contributed by atoms with Gasteiger partial charge in [0.15, 0.2) is 5.78 Å². The van der Waals surface area contributed by atoms with Gasteiger partial charge in [-0.2, -0.15) is 0 Å². The summed E-state index contributed by atoms with van der Waals surface area (Å²) in [7, 11) is 3.07. The van der Waals surface area contributed by atoms with Gasteiger partial charge in [0.2, 0.25) is 0 Å². The number of hydrogen-bond donors (Lipinski definition) is 1. The summed E-state index contributed by atoms with van der Waals surface area (Å²) in [6.45, 7) is 2.40. The van der Waals surface area contributed by atoms with Gasteiger partial charge < -0.3 is 10.1 Å². The maximum Gasteiger partial charge on any atom is 0.332 e. The third-order valence-corrected chi connectivity index (χ3v) is 5.98. The number of allylic oxidation sites excluding steroid dienone is 1. The van der Waals surface area contributed by atoms with Gasteiger partial charge in [0.05, 0.1) is 17.9 Å². The molecule has 2 heterocycles. The van der Waals surface area contributed by atoms with Crippen LogP contribution in [0.5, 0.6) is 5.75 Å². The Morgan fingerprint density at radius 1 is 0.968 bits per heavy atom. The fourth-order valence-corrected chi connectivity index (χ4v) is 4.54. The van der Waals surface area contributed by atoms with E-state index in [1.54, 1.807) is 13.1 Å². The van der Waals surface area contributed by atoms with Crippen LogP contribution in [0.2, 0.25) is 0 Å². The van der Waals surface area contributed by atoms with Gasteiger partial charge in [0.1, 0.15) is 11.6 Å². The molecule has 1 atom stereocenters. The second-order valence-electron chi connectivity index (χ2n) is 7.69. The highest BCUT2D eigenvalue weighted by atomic mass is 16.5. The fraction of sp³-hybridized carbons (Fsp3) is 0.208. The smallest absolute Gasteiger partial charge is 0.332 e. The van der Waals surface area contributed by atoms with Gasteiger partial charge in [0.25, 0.3) is 5.56 Å². The van der Waals surface area contributed by atoms with Crippen LogP contribution >= 0.6 is 0 Å². The van der Waals surface area contributed by atoms with Crippen LogP contribution in [0.1, 0.15) is 39.9 Å². The molecule has 0 bridgehead atoms. The van der Waals surface area contributed by atoms with Crippen molar-refractivity contribution < 1.29 is 9.53 Å². The van der Waals surface area contributed by atoms with E-state index in [1.165, 1.54) is 11.6 Å². The Morgan fingerprint density at radius 2 is 1.71 bits per heavy atom.